The Kier molecular flexibility index (Phi) is 5.01. The van der Waals surface area contributed by atoms with Gasteiger partial charge in [0.25, 0.3) is 0 Å². The first kappa shape index (κ1) is 17.8. The fraction of sp³-hybridized carbons (Fsp3) is 0.238. The molecule has 2 atom stereocenters. The second kappa shape index (κ2) is 7.58. The fourth-order valence-electron chi connectivity index (χ4n) is 3.19. The van der Waals surface area contributed by atoms with Crippen molar-refractivity contribution in [2.24, 2.45) is 0 Å². The first-order valence-electron chi connectivity index (χ1n) is 8.82. The number of benzene rings is 2. The average Bonchev–Trinajstić information content (AvgIpc) is 3.35. The summed E-state index contributed by atoms with van der Waals surface area (Å²) in [5.74, 6) is 0.0394. The van der Waals surface area contributed by atoms with Gasteiger partial charge in [0, 0.05) is 28.4 Å². The molecule has 5 nitrogen and oxygen atoms in total. The summed E-state index contributed by atoms with van der Waals surface area (Å²) in [6, 6.07) is 15.0. The van der Waals surface area contributed by atoms with Gasteiger partial charge in [-0.1, -0.05) is 42.0 Å². The highest BCUT2D eigenvalue weighted by Crippen LogP contribution is 2.36. The van der Waals surface area contributed by atoms with E-state index in [1.807, 2.05) is 43.5 Å². The molecule has 1 saturated heterocycles. The minimum absolute atomic E-state index is 0.0230. The molecule has 2 heterocycles. The highest BCUT2D eigenvalue weighted by Gasteiger charge is 2.32. The fourth-order valence-corrected chi connectivity index (χ4v) is 4.45. The summed E-state index contributed by atoms with van der Waals surface area (Å²) in [5.41, 5.74) is 3.85. The SMILES string of the molecule is Cc1ccc(C(=O)COC(=O)[C@H]2CS[C@H](c3cccc4[nH]ccc34)N2)cc1. The van der Waals surface area contributed by atoms with Crippen LogP contribution in [0.5, 0.6) is 0 Å². The maximum Gasteiger partial charge on any atom is 0.324 e. The number of hydrogen-bond donors (Lipinski definition) is 2. The summed E-state index contributed by atoms with van der Waals surface area (Å²) in [6.07, 6.45) is 1.91. The molecule has 1 aliphatic heterocycles. The van der Waals surface area contributed by atoms with E-state index in [0.29, 0.717) is 11.3 Å². The van der Waals surface area contributed by atoms with E-state index < -0.39 is 6.04 Å². The molecule has 0 amide bonds. The molecule has 0 bridgehead atoms. The highest BCUT2D eigenvalue weighted by atomic mass is 32.2. The number of rotatable bonds is 5. The minimum atomic E-state index is -0.417. The Balaban J connectivity index is 1.36. The van der Waals surface area contributed by atoms with E-state index in [0.717, 1.165) is 22.0 Å². The van der Waals surface area contributed by atoms with Crippen LogP contribution >= 0.6 is 11.8 Å². The van der Waals surface area contributed by atoms with Gasteiger partial charge in [0.2, 0.25) is 0 Å². The molecule has 27 heavy (non-hydrogen) atoms. The van der Waals surface area contributed by atoms with Gasteiger partial charge >= 0.3 is 5.97 Å². The molecule has 0 unspecified atom stereocenters. The van der Waals surface area contributed by atoms with Crippen molar-refractivity contribution < 1.29 is 14.3 Å². The molecule has 0 spiro atoms. The lowest BCUT2D eigenvalue weighted by Crippen LogP contribution is -2.36. The van der Waals surface area contributed by atoms with Crippen molar-refractivity contribution in [3.05, 3.63) is 71.4 Å². The minimum Gasteiger partial charge on any atom is -0.456 e. The number of aromatic nitrogens is 1. The quantitative estimate of drug-likeness (QED) is 0.523. The maximum absolute atomic E-state index is 12.4. The van der Waals surface area contributed by atoms with Gasteiger partial charge in [0.15, 0.2) is 12.4 Å². The van der Waals surface area contributed by atoms with E-state index in [1.165, 1.54) is 0 Å². The lowest BCUT2D eigenvalue weighted by Gasteiger charge is -2.14. The molecular weight excluding hydrogens is 360 g/mol. The average molecular weight is 380 g/mol. The molecule has 138 valence electrons. The molecule has 0 saturated carbocycles. The summed E-state index contributed by atoms with van der Waals surface area (Å²) in [7, 11) is 0. The third-order valence-electron chi connectivity index (χ3n) is 4.70. The Bertz CT molecular complexity index is 981. The zero-order valence-corrected chi connectivity index (χ0v) is 15.7. The Morgan fingerprint density at radius 2 is 1.96 bits per heavy atom. The van der Waals surface area contributed by atoms with Crippen molar-refractivity contribution in [3.8, 4) is 0 Å². The van der Waals surface area contributed by atoms with Crippen LogP contribution in [0.25, 0.3) is 10.9 Å². The van der Waals surface area contributed by atoms with Crippen molar-refractivity contribution >= 4 is 34.4 Å². The summed E-state index contributed by atoms with van der Waals surface area (Å²) < 4.78 is 5.26. The van der Waals surface area contributed by atoms with Crippen LogP contribution in [-0.4, -0.2) is 35.1 Å². The number of ether oxygens (including phenoxy) is 1. The first-order chi connectivity index (χ1) is 13.1. The number of carbonyl (C=O) groups is 2. The van der Waals surface area contributed by atoms with Gasteiger partial charge in [-0.05, 0) is 24.6 Å². The van der Waals surface area contributed by atoms with Crippen LogP contribution < -0.4 is 5.32 Å². The molecule has 4 rings (SSSR count). The largest absolute Gasteiger partial charge is 0.456 e. The summed E-state index contributed by atoms with van der Waals surface area (Å²) in [4.78, 5) is 27.7. The number of aromatic amines is 1. The molecule has 6 heteroatoms. The molecule has 2 N–H and O–H groups in total. The highest BCUT2D eigenvalue weighted by molar-refractivity contribution is 7.99. The lowest BCUT2D eigenvalue weighted by atomic mass is 10.1. The van der Waals surface area contributed by atoms with Gasteiger partial charge in [0.05, 0.1) is 5.37 Å². The van der Waals surface area contributed by atoms with Gasteiger partial charge in [-0.2, -0.15) is 0 Å². The van der Waals surface area contributed by atoms with E-state index >= 15 is 0 Å². The van der Waals surface area contributed by atoms with Crippen LogP contribution in [0.4, 0.5) is 0 Å². The Morgan fingerprint density at radius 3 is 2.78 bits per heavy atom. The van der Waals surface area contributed by atoms with E-state index in [9.17, 15) is 9.59 Å². The number of nitrogens with one attached hydrogen (secondary N) is 2. The molecule has 2 aromatic carbocycles. The van der Waals surface area contributed by atoms with Gasteiger partial charge in [0.1, 0.15) is 6.04 Å². The van der Waals surface area contributed by atoms with Gasteiger partial charge in [-0.15, -0.1) is 11.8 Å². The van der Waals surface area contributed by atoms with Crippen molar-refractivity contribution in [2.45, 2.75) is 18.3 Å². The first-order valence-corrected chi connectivity index (χ1v) is 9.87. The number of Topliss-reactive ketones (excluding diaryl/α,β-unsaturated/α-hetero) is 1. The number of hydrogen-bond acceptors (Lipinski definition) is 5. The van der Waals surface area contributed by atoms with E-state index in [1.54, 1.807) is 23.9 Å². The van der Waals surface area contributed by atoms with Crippen molar-refractivity contribution in [1.82, 2.24) is 10.3 Å². The van der Waals surface area contributed by atoms with E-state index in [-0.39, 0.29) is 23.7 Å². The number of H-pyrrole nitrogens is 1. The van der Waals surface area contributed by atoms with E-state index in [2.05, 4.69) is 16.4 Å². The molecule has 1 fully saturated rings. The summed E-state index contributed by atoms with van der Waals surface area (Å²) in [5, 5.41) is 4.49. The predicted molar refractivity (Wildman–Crippen MR) is 107 cm³/mol. The van der Waals surface area contributed by atoms with Gasteiger partial charge in [-0.25, -0.2) is 0 Å². The van der Waals surface area contributed by atoms with Crippen LogP contribution in [0, 0.1) is 6.92 Å². The third-order valence-corrected chi connectivity index (χ3v) is 5.95. The molecule has 3 aromatic rings. The Hall–Kier alpha value is -2.57. The monoisotopic (exact) mass is 380 g/mol. The molecule has 0 aliphatic carbocycles. The number of ketones is 1. The molecular formula is C21H20N2O3S. The lowest BCUT2D eigenvalue weighted by molar-refractivity contribution is -0.144. The third kappa shape index (κ3) is 3.77. The van der Waals surface area contributed by atoms with Crippen LogP contribution in [0.15, 0.2) is 54.7 Å². The number of aryl methyl sites for hydroxylation is 1. The zero-order chi connectivity index (χ0) is 18.8. The van der Waals surface area contributed by atoms with Crippen LogP contribution in [0.3, 0.4) is 0 Å². The van der Waals surface area contributed by atoms with Gasteiger partial charge < -0.3 is 9.72 Å². The Morgan fingerprint density at radius 1 is 1.15 bits per heavy atom. The number of esters is 1. The smallest absolute Gasteiger partial charge is 0.324 e. The topological polar surface area (TPSA) is 71.2 Å². The molecule has 0 radical (unpaired) electrons. The summed E-state index contributed by atoms with van der Waals surface area (Å²) in [6.45, 7) is 1.73. The summed E-state index contributed by atoms with van der Waals surface area (Å²) >= 11 is 1.67. The number of carbonyl (C=O) groups excluding carboxylic acids is 2. The molecule has 1 aromatic heterocycles. The predicted octanol–water partition coefficient (Wildman–Crippen LogP) is 3.61. The van der Waals surface area contributed by atoms with Gasteiger partial charge in [-0.3, -0.25) is 14.9 Å². The number of fused-ring (bicyclic) bond motifs is 1. The zero-order valence-electron chi connectivity index (χ0n) is 14.9. The molecule has 1 aliphatic rings. The van der Waals surface area contributed by atoms with Crippen LogP contribution in [-0.2, 0) is 9.53 Å². The normalized spacial score (nSPS) is 19.3. The standard InChI is InChI=1S/C21H20N2O3S/c1-13-5-7-14(8-6-13)19(24)11-26-21(25)18-12-27-20(23-18)16-3-2-4-17-15(16)9-10-22-17/h2-10,18,20,22-23H,11-12H2,1H3/t18-,20-/m1/s1. The maximum atomic E-state index is 12.4. The number of thioether (sulfide) groups is 1. The van der Waals surface area contributed by atoms with Crippen molar-refractivity contribution in [2.75, 3.05) is 12.4 Å². The van der Waals surface area contributed by atoms with Crippen LogP contribution in [0.1, 0.15) is 26.9 Å². The second-order valence-corrected chi connectivity index (χ2v) is 7.75. The van der Waals surface area contributed by atoms with Crippen molar-refractivity contribution in [3.63, 3.8) is 0 Å². The van der Waals surface area contributed by atoms with Crippen molar-refractivity contribution in [1.29, 1.82) is 0 Å². The van der Waals surface area contributed by atoms with Crippen LogP contribution in [0.2, 0.25) is 0 Å². The van der Waals surface area contributed by atoms with E-state index in [4.69, 9.17) is 4.74 Å². The second-order valence-electron chi connectivity index (χ2n) is 6.62. The Labute approximate surface area is 161 Å².